The molecule has 1 saturated heterocycles. The van der Waals surface area contributed by atoms with Gasteiger partial charge in [0.2, 0.25) is 0 Å². The van der Waals surface area contributed by atoms with Gasteiger partial charge in [0, 0.05) is 34.0 Å². The third-order valence-corrected chi connectivity index (χ3v) is 6.13. The van der Waals surface area contributed by atoms with E-state index in [-0.39, 0.29) is 5.91 Å². The molecule has 2 aliphatic heterocycles. The zero-order valence-electron chi connectivity index (χ0n) is 16.9. The van der Waals surface area contributed by atoms with E-state index >= 15 is 0 Å². The number of amides is 1. The number of aliphatic imine (C=N–C) groups is 1. The number of halogens is 1. The van der Waals surface area contributed by atoms with Crippen LogP contribution in [-0.2, 0) is 0 Å². The van der Waals surface area contributed by atoms with Crippen LogP contribution in [0.1, 0.15) is 35.2 Å². The standard InChI is InChI=1S/C24H26BrN3O2/c25-21-5-4-6-22(23(21)19-11-12-26-17-19)27-24(29)18-7-9-20(10-8-18)30-16-15-28-13-2-1-3-14-28/h4-12H,1-3,13-17H2,(H,27,29). The molecule has 0 aromatic heterocycles. The number of allylic oxidation sites excluding steroid dienone is 1. The predicted molar refractivity (Wildman–Crippen MR) is 126 cm³/mol. The Hall–Kier alpha value is -2.44. The molecule has 0 aliphatic carbocycles. The Morgan fingerprint density at radius 3 is 2.63 bits per heavy atom. The molecule has 0 atom stereocenters. The number of nitrogens with one attached hydrogen (secondary N) is 1. The highest BCUT2D eigenvalue weighted by Crippen LogP contribution is 2.33. The monoisotopic (exact) mass is 467 g/mol. The smallest absolute Gasteiger partial charge is 0.255 e. The molecule has 156 valence electrons. The van der Waals surface area contributed by atoms with Crippen LogP contribution in [0.3, 0.4) is 0 Å². The molecule has 2 aromatic rings. The topological polar surface area (TPSA) is 53.9 Å². The number of ether oxygens (including phenoxy) is 1. The summed E-state index contributed by atoms with van der Waals surface area (Å²) >= 11 is 3.60. The molecule has 4 rings (SSSR count). The first-order valence-corrected chi connectivity index (χ1v) is 11.2. The summed E-state index contributed by atoms with van der Waals surface area (Å²) in [5.74, 6) is 0.647. The number of carbonyl (C=O) groups is 1. The molecule has 0 spiro atoms. The summed E-state index contributed by atoms with van der Waals surface area (Å²) in [5.41, 5.74) is 3.42. The van der Waals surface area contributed by atoms with Crippen molar-refractivity contribution >= 4 is 39.3 Å². The van der Waals surface area contributed by atoms with Gasteiger partial charge in [0.15, 0.2) is 0 Å². The molecule has 1 amide bonds. The molecule has 1 N–H and O–H groups in total. The number of rotatable bonds is 7. The highest BCUT2D eigenvalue weighted by atomic mass is 79.9. The van der Waals surface area contributed by atoms with Crippen LogP contribution in [0.25, 0.3) is 5.57 Å². The van der Waals surface area contributed by atoms with Crippen LogP contribution in [0.4, 0.5) is 5.69 Å². The van der Waals surface area contributed by atoms with Crippen LogP contribution in [-0.4, -0.2) is 49.8 Å². The average Bonchev–Trinajstić information content (AvgIpc) is 3.29. The molecule has 2 aromatic carbocycles. The van der Waals surface area contributed by atoms with Gasteiger partial charge in [-0.25, -0.2) is 0 Å². The third kappa shape index (κ3) is 5.18. The number of hydrogen-bond donors (Lipinski definition) is 1. The minimum absolute atomic E-state index is 0.145. The summed E-state index contributed by atoms with van der Waals surface area (Å²) < 4.78 is 6.80. The molecule has 2 heterocycles. The van der Waals surface area contributed by atoms with Gasteiger partial charge in [-0.15, -0.1) is 0 Å². The van der Waals surface area contributed by atoms with Crippen molar-refractivity contribution in [3.05, 3.63) is 64.1 Å². The average molecular weight is 468 g/mol. The van der Waals surface area contributed by atoms with Crippen molar-refractivity contribution in [2.75, 3.05) is 38.1 Å². The minimum Gasteiger partial charge on any atom is -0.492 e. The molecule has 1 fully saturated rings. The Morgan fingerprint density at radius 2 is 1.90 bits per heavy atom. The van der Waals surface area contributed by atoms with Crippen molar-refractivity contribution in [2.45, 2.75) is 19.3 Å². The maximum atomic E-state index is 12.8. The first kappa shape index (κ1) is 20.8. The summed E-state index contributed by atoms with van der Waals surface area (Å²) in [6.45, 7) is 4.58. The fourth-order valence-corrected chi connectivity index (χ4v) is 4.46. The lowest BCUT2D eigenvalue weighted by atomic mass is 10.0. The molecule has 2 aliphatic rings. The van der Waals surface area contributed by atoms with Crippen LogP contribution in [0.2, 0.25) is 0 Å². The number of nitrogens with zero attached hydrogens (tertiary/aromatic N) is 2. The summed E-state index contributed by atoms with van der Waals surface area (Å²) in [4.78, 5) is 19.5. The van der Waals surface area contributed by atoms with E-state index in [0.29, 0.717) is 18.7 Å². The van der Waals surface area contributed by atoms with Gasteiger partial charge in [-0.2, -0.15) is 0 Å². The molecular formula is C24H26BrN3O2. The van der Waals surface area contributed by atoms with E-state index in [1.807, 2.05) is 36.4 Å². The Kier molecular flexibility index (Phi) is 6.97. The van der Waals surface area contributed by atoms with Crippen molar-refractivity contribution in [1.82, 2.24) is 4.90 Å². The first-order valence-electron chi connectivity index (χ1n) is 10.4. The van der Waals surface area contributed by atoms with Crippen LogP contribution < -0.4 is 10.1 Å². The number of likely N-dealkylation sites (tertiary alicyclic amines) is 1. The number of benzene rings is 2. The number of carbonyl (C=O) groups excluding carboxylic acids is 1. The Balaban J connectivity index is 1.36. The maximum absolute atomic E-state index is 12.8. The lowest BCUT2D eigenvalue weighted by Crippen LogP contribution is -2.33. The fraction of sp³-hybridized carbons (Fsp3) is 0.333. The van der Waals surface area contributed by atoms with Crippen LogP contribution in [0.15, 0.2) is 58.0 Å². The first-order chi connectivity index (χ1) is 14.7. The van der Waals surface area contributed by atoms with Crippen molar-refractivity contribution in [3.63, 3.8) is 0 Å². The van der Waals surface area contributed by atoms with E-state index in [1.165, 1.54) is 32.4 Å². The van der Waals surface area contributed by atoms with Crippen molar-refractivity contribution < 1.29 is 9.53 Å². The van der Waals surface area contributed by atoms with Gasteiger partial charge in [-0.3, -0.25) is 14.7 Å². The zero-order valence-corrected chi connectivity index (χ0v) is 18.5. The van der Waals surface area contributed by atoms with Gasteiger partial charge in [0.1, 0.15) is 12.4 Å². The second-order valence-corrected chi connectivity index (χ2v) is 8.43. The van der Waals surface area contributed by atoms with Gasteiger partial charge >= 0.3 is 0 Å². The number of piperidine rings is 1. The molecule has 0 radical (unpaired) electrons. The van der Waals surface area contributed by atoms with E-state index in [9.17, 15) is 4.79 Å². The lowest BCUT2D eigenvalue weighted by Gasteiger charge is -2.26. The van der Waals surface area contributed by atoms with Gasteiger partial charge < -0.3 is 10.1 Å². The lowest BCUT2D eigenvalue weighted by molar-refractivity contribution is 0.102. The minimum atomic E-state index is -0.145. The summed E-state index contributed by atoms with van der Waals surface area (Å²) in [7, 11) is 0. The van der Waals surface area contributed by atoms with Gasteiger partial charge in [0.25, 0.3) is 5.91 Å². The Morgan fingerprint density at radius 1 is 1.10 bits per heavy atom. The molecule has 0 unspecified atom stereocenters. The maximum Gasteiger partial charge on any atom is 0.255 e. The quantitative estimate of drug-likeness (QED) is 0.620. The molecule has 0 saturated carbocycles. The highest BCUT2D eigenvalue weighted by molar-refractivity contribution is 9.10. The van der Waals surface area contributed by atoms with Crippen molar-refractivity contribution in [2.24, 2.45) is 4.99 Å². The summed E-state index contributed by atoms with van der Waals surface area (Å²) in [6, 6.07) is 13.1. The van der Waals surface area contributed by atoms with E-state index in [4.69, 9.17) is 4.74 Å². The molecular weight excluding hydrogens is 442 g/mol. The van der Waals surface area contributed by atoms with E-state index < -0.39 is 0 Å². The summed E-state index contributed by atoms with van der Waals surface area (Å²) in [5, 5.41) is 3.04. The number of anilines is 1. The largest absolute Gasteiger partial charge is 0.492 e. The fourth-order valence-electron chi connectivity index (χ4n) is 3.84. The second-order valence-electron chi connectivity index (χ2n) is 7.57. The van der Waals surface area contributed by atoms with Gasteiger partial charge in [-0.1, -0.05) is 28.4 Å². The molecule has 0 bridgehead atoms. The SMILES string of the molecule is O=C(Nc1cccc(Br)c1C1=CC=NC1)c1ccc(OCCN2CCCCC2)cc1. The van der Waals surface area contributed by atoms with E-state index in [1.54, 1.807) is 18.3 Å². The Bertz CT molecular complexity index is 947. The Labute approximate surface area is 186 Å². The molecule has 5 nitrogen and oxygen atoms in total. The van der Waals surface area contributed by atoms with Crippen molar-refractivity contribution in [3.8, 4) is 5.75 Å². The number of hydrogen-bond acceptors (Lipinski definition) is 4. The third-order valence-electron chi connectivity index (χ3n) is 5.47. The van der Waals surface area contributed by atoms with Gasteiger partial charge in [0.05, 0.1) is 6.54 Å². The molecule has 6 heteroatoms. The second kappa shape index (κ2) is 10.0. The van der Waals surface area contributed by atoms with Crippen LogP contribution >= 0.6 is 15.9 Å². The van der Waals surface area contributed by atoms with E-state index in [0.717, 1.165) is 33.6 Å². The van der Waals surface area contributed by atoms with Crippen molar-refractivity contribution in [1.29, 1.82) is 0 Å². The normalized spacial score (nSPS) is 16.4. The summed E-state index contributed by atoms with van der Waals surface area (Å²) in [6.07, 6.45) is 7.69. The van der Waals surface area contributed by atoms with Crippen LogP contribution in [0.5, 0.6) is 5.75 Å². The zero-order chi connectivity index (χ0) is 20.8. The predicted octanol–water partition coefficient (Wildman–Crippen LogP) is 5.03. The van der Waals surface area contributed by atoms with Gasteiger partial charge in [-0.05, 0) is 74.0 Å². The molecule has 30 heavy (non-hydrogen) atoms. The van der Waals surface area contributed by atoms with Crippen LogP contribution in [0, 0.1) is 0 Å². The highest BCUT2D eigenvalue weighted by Gasteiger charge is 2.16. The van der Waals surface area contributed by atoms with E-state index in [2.05, 4.69) is 31.1 Å².